The maximum absolute atomic E-state index is 14.4. The van der Waals surface area contributed by atoms with Crippen LogP contribution in [0.3, 0.4) is 0 Å². The number of hydrogen-bond donors (Lipinski definition) is 1. The van der Waals surface area contributed by atoms with E-state index in [1.165, 1.54) is 28.8 Å². The lowest BCUT2D eigenvalue weighted by atomic mass is 9.94. The van der Waals surface area contributed by atoms with Crippen LogP contribution in [0.1, 0.15) is 36.2 Å². The van der Waals surface area contributed by atoms with Gasteiger partial charge in [0.2, 0.25) is 10.0 Å². The third-order valence-corrected chi connectivity index (χ3v) is 7.64. The summed E-state index contributed by atoms with van der Waals surface area (Å²) in [6.45, 7) is 5.16. The molecule has 0 saturated carbocycles. The van der Waals surface area contributed by atoms with E-state index in [-0.39, 0.29) is 28.8 Å². The number of nitrogens with one attached hydrogen (secondary N) is 1. The molecule has 1 N–H and O–H groups in total. The maximum Gasteiger partial charge on any atom is 0.251 e. The lowest BCUT2D eigenvalue weighted by Gasteiger charge is -2.34. The van der Waals surface area contributed by atoms with Crippen molar-refractivity contribution >= 4 is 15.9 Å². The lowest BCUT2D eigenvalue weighted by Crippen LogP contribution is -2.42. The number of nitrogens with zero attached hydrogens (tertiary/aromatic N) is 3. The Kier molecular flexibility index (Phi) is 6.62. The van der Waals surface area contributed by atoms with Crippen molar-refractivity contribution in [3.63, 3.8) is 0 Å². The van der Waals surface area contributed by atoms with Crippen LogP contribution < -0.4 is 5.32 Å². The zero-order chi connectivity index (χ0) is 23.6. The first-order valence-corrected chi connectivity index (χ1v) is 12.3. The highest BCUT2D eigenvalue weighted by atomic mass is 32.2. The van der Waals surface area contributed by atoms with Gasteiger partial charge < -0.3 is 9.88 Å². The van der Waals surface area contributed by atoms with Crippen LogP contribution in [0.25, 0.3) is 5.69 Å². The predicted octanol–water partition coefficient (Wildman–Crippen LogP) is 3.61. The van der Waals surface area contributed by atoms with Gasteiger partial charge in [-0.05, 0) is 54.2 Å². The van der Waals surface area contributed by atoms with Gasteiger partial charge in [-0.1, -0.05) is 26.0 Å². The first-order chi connectivity index (χ1) is 15.7. The fraction of sp³-hybridized carbons (Fsp3) is 0.333. The molecule has 0 aliphatic carbocycles. The van der Waals surface area contributed by atoms with E-state index >= 15 is 0 Å². The summed E-state index contributed by atoms with van der Waals surface area (Å²) in [5.74, 6) is -0.282. The number of benzene rings is 2. The number of carbonyl (C=O) groups excluding carboxylic acids is 1. The summed E-state index contributed by atoms with van der Waals surface area (Å²) < 4.78 is 43.8. The second-order valence-corrected chi connectivity index (χ2v) is 10.7. The van der Waals surface area contributed by atoms with Crippen molar-refractivity contribution in [1.82, 2.24) is 19.2 Å². The van der Waals surface area contributed by atoms with Crippen molar-refractivity contribution in [3.05, 3.63) is 78.1 Å². The molecule has 1 aliphatic rings. The minimum Gasteiger partial charge on any atom is -0.348 e. The third-order valence-electron chi connectivity index (χ3n) is 5.82. The Morgan fingerprint density at radius 2 is 1.91 bits per heavy atom. The Balaban J connectivity index is 1.45. The van der Waals surface area contributed by atoms with E-state index in [2.05, 4.69) is 10.3 Å². The number of halogens is 1. The van der Waals surface area contributed by atoms with Crippen LogP contribution in [0.15, 0.2) is 66.1 Å². The van der Waals surface area contributed by atoms with Crippen molar-refractivity contribution in [2.24, 2.45) is 11.8 Å². The number of hydrogen-bond acceptors (Lipinski definition) is 4. The summed E-state index contributed by atoms with van der Waals surface area (Å²) in [4.78, 5) is 16.7. The van der Waals surface area contributed by atoms with Gasteiger partial charge in [-0.25, -0.2) is 17.8 Å². The zero-order valence-electron chi connectivity index (χ0n) is 18.6. The molecule has 9 heteroatoms. The highest BCUT2D eigenvalue weighted by molar-refractivity contribution is 7.89. The zero-order valence-corrected chi connectivity index (χ0v) is 19.4. The molecule has 1 aromatic heterocycles. The summed E-state index contributed by atoms with van der Waals surface area (Å²) in [6.07, 6.45) is 5.71. The average Bonchev–Trinajstić information content (AvgIpc) is 3.31. The van der Waals surface area contributed by atoms with E-state index in [9.17, 15) is 17.6 Å². The van der Waals surface area contributed by atoms with Crippen LogP contribution in [0.5, 0.6) is 0 Å². The molecule has 2 aromatic carbocycles. The Labute approximate surface area is 193 Å². The molecule has 0 bridgehead atoms. The molecule has 2 heterocycles. The summed E-state index contributed by atoms with van der Waals surface area (Å²) in [5.41, 5.74) is 1.19. The lowest BCUT2D eigenvalue weighted by molar-refractivity contribution is 0.0950. The number of rotatable bonds is 6. The van der Waals surface area contributed by atoms with Crippen LogP contribution in [-0.2, 0) is 16.6 Å². The van der Waals surface area contributed by atoms with Gasteiger partial charge in [0, 0.05) is 37.6 Å². The predicted molar refractivity (Wildman–Crippen MR) is 123 cm³/mol. The smallest absolute Gasteiger partial charge is 0.251 e. The number of aromatic nitrogens is 2. The van der Waals surface area contributed by atoms with E-state index in [0.717, 1.165) is 6.42 Å². The number of amides is 1. The van der Waals surface area contributed by atoms with Crippen LogP contribution in [0.4, 0.5) is 4.39 Å². The molecule has 1 aliphatic heterocycles. The summed E-state index contributed by atoms with van der Waals surface area (Å²) in [7, 11) is -3.69. The third kappa shape index (κ3) is 5.15. The van der Waals surface area contributed by atoms with E-state index in [1.54, 1.807) is 41.2 Å². The van der Waals surface area contributed by atoms with E-state index in [0.29, 0.717) is 24.3 Å². The molecule has 0 radical (unpaired) electrons. The van der Waals surface area contributed by atoms with Gasteiger partial charge in [0.25, 0.3) is 5.91 Å². The topological polar surface area (TPSA) is 84.3 Å². The molecule has 3 aromatic rings. The van der Waals surface area contributed by atoms with Crippen LogP contribution in [-0.4, -0.2) is 41.3 Å². The van der Waals surface area contributed by atoms with Crippen molar-refractivity contribution < 1.29 is 17.6 Å². The quantitative estimate of drug-likeness (QED) is 0.597. The van der Waals surface area contributed by atoms with Gasteiger partial charge in [0.1, 0.15) is 5.82 Å². The monoisotopic (exact) mass is 470 g/mol. The molecule has 2 unspecified atom stereocenters. The van der Waals surface area contributed by atoms with Crippen LogP contribution >= 0.6 is 0 Å². The van der Waals surface area contributed by atoms with Gasteiger partial charge in [-0.2, -0.15) is 4.31 Å². The molecule has 174 valence electrons. The number of carbonyl (C=O) groups is 1. The van der Waals surface area contributed by atoms with Crippen molar-refractivity contribution in [2.75, 3.05) is 13.1 Å². The number of sulfonamides is 1. The molecule has 7 nitrogen and oxygen atoms in total. The molecular formula is C24H27FN4O3S. The van der Waals surface area contributed by atoms with Gasteiger partial charge >= 0.3 is 0 Å². The van der Waals surface area contributed by atoms with Gasteiger partial charge in [-0.3, -0.25) is 4.79 Å². The van der Waals surface area contributed by atoms with Crippen molar-refractivity contribution in [2.45, 2.75) is 31.7 Å². The molecule has 2 atom stereocenters. The van der Waals surface area contributed by atoms with E-state index in [4.69, 9.17) is 0 Å². The van der Waals surface area contributed by atoms with Gasteiger partial charge in [0.15, 0.2) is 0 Å². The fourth-order valence-corrected chi connectivity index (χ4v) is 6.03. The Bertz CT molecular complexity index is 1230. The van der Waals surface area contributed by atoms with Crippen LogP contribution in [0.2, 0.25) is 0 Å². The second-order valence-electron chi connectivity index (χ2n) is 8.73. The van der Waals surface area contributed by atoms with Gasteiger partial charge in [-0.15, -0.1) is 0 Å². The Hall–Kier alpha value is -3.04. The molecule has 0 spiro atoms. The molecule has 4 rings (SSSR count). The first-order valence-electron chi connectivity index (χ1n) is 10.9. The number of piperidine rings is 1. The highest BCUT2D eigenvalue weighted by Crippen LogP contribution is 2.27. The molecule has 1 saturated heterocycles. The van der Waals surface area contributed by atoms with Crippen molar-refractivity contribution in [1.29, 1.82) is 0 Å². The Morgan fingerprint density at radius 3 is 2.58 bits per heavy atom. The minimum atomic E-state index is -3.69. The summed E-state index contributed by atoms with van der Waals surface area (Å²) >= 11 is 0. The maximum atomic E-state index is 14.4. The molecule has 1 fully saturated rings. The van der Waals surface area contributed by atoms with E-state index in [1.807, 2.05) is 13.8 Å². The molecule has 33 heavy (non-hydrogen) atoms. The summed E-state index contributed by atoms with van der Waals surface area (Å²) in [6, 6.07) is 10.7. The standard InChI is InChI=1S/C24H27FN4O3S/c1-17-10-18(2)15-29(14-17)33(31,32)21-5-3-4-20(12-21)24(30)27-13-19-6-7-23(22(25)11-19)28-9-8-26-16-28/h3-9,11-12,16-18H,10,13-15H2,1-2H3,(H,27,30). The minimum absolute atomic E-state index is 0.104. The molecular weight excluding hydrogens is 443 g/mol. The van der Waals surface area contributed by atoms with Crippen molar-refractivity contribution in [3.8, 4) is 5.69 Å². The van der Waals surface area contributed by atoms with E-state index < -0.39 is 21.7 Å². The summed E-state index contributed by atoms with van der Waals surface area (Å²) in [5, 5.41) is 2.74. The average molecular weight is 471 g/mol. The highest BCUT2D eigenvalue weighted by Gasteiger charge is 2.32. The largest absolute Gasteiger partial charge is 0.348 e. The fourth-order valence-electron chi connectivity index (χ4n) is 4.30. The van der Waals surface area contributed by atoms with Gasteiger partial charge in [0.05, 0.1) is 16.9 Å². The Morgan fingerprint density at radius 1 is 1.15 bits per heavy atom. The second kappa shape index (κ2) is 9.44. The first kappa shape index (κ1) is 23.1. The number of imidazole rings is 1. The van der Waals surface area contributed by atoms with Crippen LogP contribution in [0, 0.1) is 17.7 Å². The SMILES string of the molecule is CC1CC(C)CN(S(=O)(=O)c2cccc(C(=O)NCc3ccc(-n4ccnc4)c(F)c3)c2)C1. The normalized spacial score (nSPS) is 19.4. The molecule has 1 amide bonds.